The predicted molar refractivity (Wildman–Crippen MR) is 124 cm³/mol. The van der Waals surface area contributed by atoms with Crippen molar-refractivity contribution in [3.8, 4) is 11.3 Å². The molecule has 1 saturated heterocycles. The van der Waals surface area contributed by atoms with Gasteiger partial charge in [0.05, 0.1) is 11.9 Å². The second-order valence-corrected chi connectivity index (χ2v) is 8.76. The van der Waals surface area contributed by atoms with Gasteiger partial charge < -0.3 is 19.9 Å². The van der Waals surface area contributed by atoms with Crippen LogP contribution in [0.1, 0.15) is 12.8 Å². The van der Waals surface area contributed by atoms with Gasteiger partial charge in [0.25, 0.3) is 0 Å². The molecular formula is C22H25N7O2S. The number of aromatic nitrogens is 4. The lowest BCUT2D eigenvalue weighted by atomic mass is 10.1. The van der Waals surface area contributed by atoms with Gasteiger partial charge in [0.2, 0.25) is 5.91 Å². The zero-order chi connectivity index (χ0) is 21.9. The minimum Gasteiger partial charge on any atom is -0.375 e. The fourth-order valence-corrected chi connectivity index (χ4v) is 4.88. The average Bonchev–Trinajstić information content (AvgIpc) is 3.49. The zero-order valence-corrected chi connectivity index (χ0v) is 18.7. The van der Waals surface area contributed by atoms with Crippen molar-refractivity contribution in [1.29, 1.82) is 0 Å². The Morgan fingerprint density at radius 3 is 2.91 bits per heavy atom. The summed E-state index contributed by atoms with van der Waals surface area (Å²) >= 11 is 1.54. The summed E-state index contributed by atoms with van der Waals surface area (Å²) in [6.07, 6.45) is 9.99. The molecule has 2 aliphatic rings. The van der Waals surface area contributed by atoms with E-state index in [4.69, 9.17) is 14.7 Å². The minimum absolute atomic E-state index is 0.0624. The van der Waals surface area contributed by atoms with Crippen LogP contribution in [-0.4, -0.2) is 75.8 Å². The number of ether oxygens (including phenoxy) is 1. The Balaban J connectivity index is 1.25. The molecule has 3 aromatic heterocycles. The molecule has 5 rings (SSSR count). The normalized spacial score (nSPS) is 16.8. The Kier molecular flexibility index (Phi) is 5.87. The number of carbonyl (C=O) groups excluding carboxylic acids is 1. The number of H-pyrrole nitrogens is 1. The summed E-state index contributed by atoms with van der Waals surface area (Å²) in [6.45, 7) is 3.30. The van der Waals surface area contributed by atoms with Crippen molar-refractivity contribution in [2.75, 3.05) is 45.2 Å². The van der Waals surface area contributed by atoms with Crippen LogP contribution in [0.15, 0.2) is 48.1 Å². The Labute approximate surface area is 189 Å². The smallest absolute Gasteiger partial charge is 0.248 e. The highest BCUT2D eigenvalue weighted by Gasteiger charge is 2.23. The van der Waals surface area contributed by atoms with Crippen LogP contribution in [0.3, 0.4) is 0 Å². The number of hydrogen-bond donors (Lipinski definition) is 2. The number of anilines is 1. The molecule has 10 heteroatoms. The highest BCUT2D eigenvalue weighted by Crippen LogP contribution is 2.30. The van der Waals surface area contributed by atoms with Crippen LogP contribution in [0.2, 0.25) is 0 Å². The number of fused-ring (bicyclic) bond motifs is 1. The highest BCUT2D eigenvalue weighted by atomic mass is 32.1. The number of pyridine rings is 1. The maximum atomic E-state index is 12.0. The van der Waals surface area contributed by atoms with Gasteiger partial charge in [0.1, 0.15) is 17.0 Å². The number of allylic oxidation sites excluding steroid dienone is 3. The quantitative estimate of drug-likeness (QED) is 0.594. The number of piperazine rings is 1. The molecule has 1 aliphatic heterocycles. The third kappa shape index (κ3) is 4.37. The van der Waals surface area contributed by atoms with Gasteiger partial charge in [0.15, 0.2) is 5.13 Å². The van der Waals surface area contributed by atoms with E-state index < -0.39 is 0 Å². The van der Waals surface area contributed by atoms with Gasteiger partial charge in [0, 0.05) is 56.4 Å². The molecule has 0 spiro atoms. The van der Waals surface area contributed by atoms with E-state index in [9.17, 15) is 4.79 Å². The number of amides is 1. The SMILES string of the molecule is COCC(=O)N1CCN(C2=CC(Nc3nc4ccc(-c5cn[nH]c5)nc4s3)=CCC2)CC1. The lowest BCUT2D eigenvalue weighted by Crippen LogP contribution is -2.49. The predicted octanol–water partition coefficient (Wildman–Crippen LogP) is 2.85. The maximum absolute atomic E-state index is 12.0. The number of carbonyl (C=O) groups is 1. The van der Waals surface area contributed by atoms with E-state index in [0.29, 0.717) is 0 Å². The topological polar surface area (TPSA) is 99.3 Å². The number of hydrogen-bond acceptors (Lipinski definition) is 8. The minimum atomic E-state index is 0.0624. The molecule has 0 atom stereocenters. The van der Waals surface area contributed by atoms with Crippen LogP contribution in [0.25, 0.3) is 21.6 Å². The number of thiazole rings is 1. The zero-order valence-electron chi connectivity index (χ0n) is 17.9. The van der Waals surface area contributed by atoms with Gasteiger partial charge in [-0.1, -0.05) is 17.4 Å². The third-order valence-electron chi connectivity index (χ3n) is 5.69. The molecule has 9 nitrogen and oxygen atoms in total. The molecule has 0 bridgehead atoms. The van der Waals surface area contributed by atoms with E-state index in [-0.39, 0.29) is 12.5 Å². The van der Waals surface area contributed by atoms with Gasteiger partial charge in [-0.3, -0.25) is 9.89 Å². The van der Waals surface area contributed by atoms with E-state index in [1.807, 2.05) is 23.2 Å². The molecule has 2 N–H and O–H groups in total. The lowest BCUT2D eigenvalue weighted by Gasteiger charge is -2.38. The average molecular weight is 452 g/mol. The van der Waals surface area contributed by atoms with Crippen LogP contribution < -0.4 is 5.32 Å². The number of methoxy groups -OCH3 is 1. The molecule has 1 amide bonds. The molecule has 4 heterocycles. The molecule has 0 saturated carbocycles. The lowest BCUT2D eigenvalue weighted by molar-refractivity contribution is -0.136. The van der Waals surface area contributed by atoms with E-state index >= 15 is 0 Å². The number of nitrogens with one attached hydrogen (secondary N) is 2. The largest absolute Gasteiger partial charge is 0.375 e. The van der Waals surface area contributed by atoms with Crippen LogP contribution in [0, 0.1) is 0 Å². The van der Waals surface area contributed by atoms with Crippen LogP contribution >= 0.6 is 11.3 Å². The summed E-state index contributed by atoms with van der Waals surface area (Å²) in [4.78, 5) is 26.6. The molecular weight excluding hydrogens is 426 g/mol. The first-order valence-corrected chi connectivity index (χ1v) is 11.5. The van der Waals surface area contributed by atoms with Crippen LogP contribution in [-0.2, 0) is 9.53 Å². The van der Waals surface area contributed by atoms with Gasteiger partial charge in [-0.05, 0) is 31.1 Å². The van der Waals surface area contributed by atoms with Crippen LogP contribution in [0.5, 0.6) is 0 Å². The van der Waals surface area contributed by atoms with Gasteiger partial charge >= 0.3 is 0 Å². The summed E-state index contributed by atoms with van der Waals surface area (Å²) in [5.41, 5.74) is 5.07. The van der Waals surface area contributed by atoms with E-state index in [1.54, 1.807) is 24.6 Å². The Bertz CT molecular complexity index is 1160. The summed E-state index contributed by atoms with van der Waals surface area (Å²) in [5, 5.41) is 11.1. The molecule has 0 aromatic carbocycles. The molecule has 32 heavy (non-hydrogen) atoms. The van der Waals surface area contributed by atoms with Crippen molar-refractivity contribution >= 4 is 32.7 Å². The van der Waals surface area contributed by atoms with Crippen molar-refractivity contribution in [3.05, 3.63) is 48.1 Å². The number of rotatable bonds is 6. The first-order valence-electron chi connectivity index (χ1n) is 10.7. The Morgan fingerprint density at radius 2 is 2.12 bits per heavy atom. The first kappa shape index (κ1) is 20.7. The van der Waals surface area contributed by atoms with E-state index in [0.717, 1.165) is 71.5 Å². The Hall–Kier alpha value is -3.24. The molecule has 0 unspecified atom stereocenters. The first-order chi connectivity index (χ1) is 15.7. The van der Waals surface area contributed by atoms with Crippen molar-refractivity contribution in [2.24, 2.45) is 0 Å². The van der Waals surface area contributed by atoms with Gasteiger partial charge in [-0.2, -0.15) is 5.10 Å². The van der Waals surface area contributed by atoms with Crippen molar-refractivity contribution in [1.82, 2.24) is 30.0 Å². The van der Waals surface area contributed by atoms with E-state index in [1.165, 1.54) is 5.70 Å². The highest BCUT2D eigenvalue weighted by molar-refractivity contribution is 7.21. The van der Waals surface area contributed by atoms with E-state index in [2.05, 4.69) is 32.6 Å². The van der Waals surface area contributed by atoms with Crippen molar-refractivity contribution in [2.45, 2.75) is 12.8 Å². The Morgan fingerprint density at radius 1 is 1.25 bits per heavy atom. The second kappa shape index (κ2) is 9.09. The fourth-order valence-electron chi connectivity index (χ4n) is 4.03. The van der Waals surface area contributed by atoms with Gasteiger partial charge in [-0.25, -0.2) is 9.97 Å². The third-order valence-corrected chi connectivity index (χ3v) is 6.57. The van der Waals surface area contributed by atoms with Crippen LogP contribution in [0.4, 0.5) is 5.13 Å². The summed E-state index contributed by atoms with van der Waals surface area (Å²) < 4.78 is 4.97. The summed E-state index contributed by atoms with van der Waals surface area (Å²) in [7, 11) is 1.56. The number of aromatic amines is 1. The summed E-state index contributed by atoms with van der Waals surface area (Å²) in [5.74, 6) is 0.0624. The molecule has 1 fully saturated rings. The molecule has 166 valence electrons. The fraction of sp³-hybridized carbons (Fsp3) is 0.364. The number of nitrogens with zero attached hydrogens (tertiary/aromatic N) is 5. The molecule has 0 radical (unpaired) electrons. The monoisotopic (exact) mass is 451 g/mol. The van der Waals surface area contributed by atoms with Crippen molar-refractivity contribution < 1.29 is 9.53 Å². The van der Waals surface area contributed by atoms with Crippen molar-refractivity contribution in [3.63, 3.8) is 0 Å². The van der Waals surface area contributed by atoms with Gasteiger partial charge in [-0.15, -0.1) is 0 Å². The molecule has 1 aliphatic carbocycles. The second-order valence-electron chi connectivity index (χ2n) is 7.79. The maximum Gasteiger partial charge on any atom is 0.248 e. The standard InChI is InChI=1S/C22H25N7O2S/c1-31-14-20(30)29-9-7-28(8-10-29)17-4-2-3-16(11-17)25-22-27-19-6-5-18(26-21(19)32-22)15-12-23-24-13-15/h3,5-6,11-13H,2,4,7-10,14H2,1H3,(H,23,24)(H,25,27). The summed E-state index contributed by atoms with van der Waals surface area (Å²) in [6, 6.07) is 3.96. The molecule has 3 aromatic rings.